The fourth-order valence-corrected chi connectivity index (χ4v) is 2.64. The molecule has 0 aliphatic rings. The van der Waals surface area contributed by atoms with Crippen LogP contribution in [0.15, 0.2) is 42.7 Å². The number of aryl methyl sites for hydroxylation is 1. The molecule has 3 aromatic heterocycles. The van der Waals surface area contributed by atoms with E-state index in [9.17, 15) is 0 Å². The highest BCUT2D eigenvalue weighted by molar-refractivity contribution is 6.11. The number of nitrogens with zero attached hydrogens (tertiary/aromatic N) is 2. The summed E-state index contributed by atoms with van der Waals surface area (Å²) in [5, 5.41) is 3.60. The lowest BCUT2D eigenvalue weighted by molar-refractivity contribution is 1.33. The normalized spacial score (nSPS) is 11.6. The summed E-state index contributed by atoms with van der Waals surface area (Å²) in [5.41, 5.74) is 4.28. The van der Waals surface area contributed by atoms with E-state index < -0.39 is 0 Å². The first-order chi connectivity index (χ1) is 8.84. The minimum absolute atomic E-state index is 0.939. The molecular weight excluding hydrogens is 222 g/mol. The van der Waals surface area contributed by atoms with Crippen molar-refractivity contribution >= 4 is 32.8 Å². The predicted molar refractivity (Wildman–Crippen MR) is 73.6 cm³/mol. The lowest BCUT2D eigenvalue weighted by Gasteiger charge is -2.03. The van der Waals surface area contributed by atoms with Crippen LogP contribution in [0.25, 0.3) is 32.8 Å². The number of pyridine rings is 2. The molecule has 0 bridgehead atoms. The molecule has 3 nitrogen and oxygen atoms in total. The molecule has 0 aliphatic heterocycles. The first kappa shape index (κ1) is 9.59. The monoisotopic (exact) mass is 233 g/mol. The van der Waals surface area contributed by atoms with Crippen molar-refractivity contribution in [3.8, 4) is 0 Å². The number of hydrogen-bond acceptors (Lipinski definition) is 2. The van der Waals surface area contributed by atoms with Gasteiger partial charge >= 0.3 is 0 Å². The van der Waals surface area contributed by atoms with Crippen molar-refractivity contribution in [3.05, 3.63) is 48.3 Å². The van der Waals surface area contributed by atoms with Gasteiger partial charge in [0.2, 0.25) is 0 Å². The van der Waals surface area contributed by atoms with Gasteiger partial charge in [0.15, 0.2) is 0 Å². The molecule has 4 aromatic rings. The number of hydrogen-bond donors (Lipinski definition) is 1. The van der Waals surface area contributed by atoms with Gasteiger partial charge in [-0.05, 0) is 24.6 Å². The van der Waals surface area contributed by atoms with E-state index >= 15 is 0 Å². The molecule has 4 rings (SSSR count). The van der Waals surface area contributed by atoms with Crippen LogP contribution < -0.4 is 0 Å². The van der Waals surface area contributed by atoms with E-state index in [4.69, 9.17) is 4.98 Å². The van der Waals surface area contributed by atoms with Crippen molar-refractivity contribution in [2.75, 3.05) is 0 Å². The van der Waals surface area contributed by atoms with E-state index in [1.807, 2.05) is 30.6 Å². The summed E-state index contributed by atoms with van der Waals surface area (Å²) in [5.74, 6) is 0. The predicted octanol–water partition coefficient (Wildman–Crippen LogP) is 3.57. The molecule has 0 amide bonds. The molecule has 0 spiro atoms. The van der Waals surface area contributed by atoms with E-state index in [0.717, 1.165) is 16.7 Å². The average Bonchev–Trinajstić information content (AvgIpc) is 2.77. The maximum Gasteiger partial charge on any atom is 0.139 e. The number of aromatic nitrogens is 3. The van der Waals surface area contributed by atoms with Gasteiger partial charge in [-0.2, -0.15) is 0 Å². The topological polar surface area (TPSA) is 41.6 Å². The van der Waals surface area contributed by atoms with Crippen molar-refractivity contribution in [3.63, 3.8) is 0 Å². The van der Waals surface area contributed by atoms with Crippen LogP contribution in [0, 0.1) is 6.92 Å². The number of rotatable bonds is 0. The molecule has 1 N–H and O–H groups in total. The molecular formula is C15H11N3. The van der Waals surface area contributed by atoms with E-state index in [-0.39, 0.29) is 0 Å². The Hall–Kier alpha value is -2.42. The molecule has 0 radical (unpaired) electrons. The van der Waals surface area contributed by atoms with Crippen LogP contribution in [0.2, 0.25) is 0 Å². The van der Waals surface area contributed by atoms with Crippen molar-refractivity contribution in [2.45, 2.75) is 6.92 Å². The largest absolute Gasteiger partial charge is 0.338 e. The lowest BCUT2D eigenvalue weighted by Crippen LogP contribution is -1.85. The zero-order valence-corrected chi connectivity index (χ0v) is 9.94. The Kier molecular flexibility index (Phi) is 1.75. The first-order valence-electron chi connectivity index (χ1n) is 5.95. The Labute approximate surface area is 103 Å². The van der Waals surface area contributed by atoms with Crippen LogP contribution in [0.3, 0.4) is 0 Å². The van der Waals surface area contributed by atoms with Crippen molar-refractivity contribution in [1.29, 1.82) is 0 Å². The zero-order chi connectivity index (χ0) is 12.1. The van der Waals surface area contributed by atoms with Gasteiger partial charge in [-0.3, -0.25) is 4.98 Å². The molecule has 0 saturated carbocycles. The summed E-state index contributed by atoms with van der Waals surface area (Å²) in [4.78, 5) is 12.2. The van der Waals surface area contributed by atoms with E-state index in [1.54, 1.807) is 0 Å². The fraction of sp³-hybridized carbons (Fsp3) is 0.0667. The quantitative estimate of drug-likeness (QED) is 0.504. The average molecular weight is 233 g/mol. The summed E-state index contributed by atoms with van der Waals surface area (Å²) in [6, 6.07) is 10.3. The Balaban J connectivity index is 2.34. The van der Waals surface area contributed by atoms with Gasteiger partial charge in [0.25, 0.3) is 0 Å². The number of para-hydroxylation sites is 1. The Morgan fingerprint density at radius 1 is 1.06 bits per heavy atom. The second-order valence-electron chi connectivity index (χ2n) is 4.52. The third-order valence-corrected chi connectivity index (χ3v) is 3.50. The van der Waals surface area contributed by atoms with Crippen LogP contribution in [0.4, 0.5) is 0 Å². The number of H-pyrrole nitrogens is 1. The van der Waals surface area contributed by atoms with Crippen LogP contribution in [-0.4, -0.2) is 15.0 Å². The third-order valence-electron chi connectivity index (χ3n) is 3.50. The number of aromatic amines is 1. The second-order valence-corrected chi connectivity index (χ2v) is 4.52. The Bertz CT molecular complexity index is 890. The van der Waals surface area contributed by atoms with E-state index in [2.05, 4.69) is 29.0 Å². The van der Waals surface area contributed by atoms with E-state index in [1.165, 1.54) is 21.7 Å². The highest BCUT2D eigenvalue weighted by Crippen LogP contribution is 2.30. The maximum absolute atomic E-state index is 4.69. The van der Waals surface area contributed by atoms with Gasteiger partial charge in [0, 0.05) is 22.4 Å². The minimum Gasteiger partial charge on any atom is -0.338 e. The molecule has 3 heterocycles. The number of fused-ring (bicyclic) bond motifs is 4. The molecule has 0 atom stereocenters. The van der Waals surface area contributed by atoms with Gasteiger partial charge in [-0.15, -0.1) is 0 Å². The lowest BCUT2D eigenvalue weighted by atomic mass is 10.1. The summed E-state index contributed by atoms with van der Waals surface area (Å²) in [6.07, 6.45) is 3.67. The van der Waals surface area contributed by atoms with Gasteiger partial charge in [0.05, 0.1) is 17.2 Å². The zero-order valence-electron chi connectivity index (χ0n) is 9.94. The smallest absolute Gasteiger partial charge is 0.139 e. The van der Waals surface area contributed by atoms with Crippen molar-refractivity contribution < 1.29 is 0 Å². The summed E-state index contributed by atoms with van der Waals surface area (Å²) in [7, 11) is 0. The third kappa shape index (κ3) is 1.13. The number of nitrogens with one attached hydrogen (secondary N) is 1. The summed E-state index contributed by atoms with van der Waals surface area (Å²) in [6.45, 7) is 2.15. The van der Waals surface area contributed by atoms with Gasteiger partial charge in [-0.25, -0.2) is 4.98 Å². The molecule has 0 unspecified atom stereocenters. The first-order valence-corrected chi connectivity index (χ1v) is 5.95. The van der Waals surface area contributed by atoms with Crippen LogP contribution in [0.1, 0.15) is 5.56 Å². The molecule has 86 valence electrons. The van der Waals surface area contributed by atoms with Crippen molar-refractivity contribution in [1.82, 2.24) is 15.0 Å². The Morgan fingerprint density at radius 2 is 1.94 bits per heavy atom. The molecule has 3 heteroatoms. The highest BCUT2D eigenvalue weighted by atomic mass is 14.9. The van der Waals surface area contributed by atoms with Crippen LogP contribution in [0.5, 0.6) is 0 Å². The van der Waals surface area contributed by atoms with Crippen molar-refractivity contribution in [2.24, 2.45) is 0 Å². The Morgan fingerprint density at radius 3 is 2.89 bits per heavy atom. The maximum atomic E-state index is 4.69. The molecule has 0 aliphatic carbocycles. The molecule has 0 fully saturated rings. The van der Waals surface area contributed by atoms with E-state index in [0.29, 0.717) is 0 Å². The minimum atomic E-state index is 0.939. The van der Waals surface area contributed by atoms with Gasteiger partial charge in [-0.1, -0.05) is 18.2 Å². The fourth-order valence-electron chi connectivity index (χ4n) is 2.64. The summed E-state index contributed by atoms with van der Waals surface area (Å²) >= 11 is 0. The molecule has 1 aromatic carbocycles. The standard InChI is InChI=1S/C15H11N3/c1-9-10-4-2-3-5-12(10)17-15-14(9)11-6-7-16-8-13(11)18-15/h2-8H,1H3,(H,17,18). The van der Waals surface area contributed by atoms with Crippen LogP contribution >= 0.6 is 0 Å². The van der Waals surface area contributed by atoms with Gasteiger partial charge < -0.3 is 4.98 Å². The highest BCUT2D eigenvalue weighted by Gasteiger charge is 2.10. The van der Waals surface area contributed by atoms with Gasteiger partial charge in [0.1, 0.15) is 5.65 Å². The SMILES string of the molecule is Cc1c2ccccc2nc2[nH]c3cnccc3c12. The summed E-state index contributed by atoms with van der Waals surface area (Å²) < 4.78 is 0. The van der Waals surface area contributed by atoms with Crippen LogP contribution in [-0.2, 0) is 0 Å². The number of benzene rings is 1. The second kappa shape index (κ2) is 3.29. The molecule has 0 saturated heterocycles. The molecule has 18 heavy (non-hydrogen) atoms.